The maximum Gasteiger partial charge on any atom is 0.257 e. The first-order valence-electron chi connectivity index (χ1n) is 12.1. The van der Waals surface area contributed by atoms with Crippen molar-refractivity contribution in [3.05, 3.63) is 23.9 Å². The summed E-state index contributed by atoms with van der Waals surface area (Å²) in [7, 11) is -0.144. The lowest BCUT2D eigenvalue weighted by Crippen LogP contribution is -2.50. The molecule has 11 nitrogen and oxygen atoms in total. The first-order chi connectivity index (χ1) is 17.2. The Morgan fingerprint density at radius 3 is 2.17 bits per heavy atom. The van der Waals surface area contributed by atoms with Crippen molar-refractivity contribution in [3.63, 3.8) is 0 Å². The van der Waals surface area contributed by atoms with Crippen molar-refractivity contribution in [2.24, 2.45) is 0 Å². The Hall–Kier alpha value is -2.67. The average Bonchev–Trinajstić information content (AvgIpc) is 3.34. The van der Waals surface area contributed by atoms with Gasteiger partial charge < -0.3 is 28.7 Å². The van der Waals surface area contributed by atoms with Crippen molar-refractivity contribution in [2.75, 3.05) is 77.9 Å². The molecular formula is C24H32N4O7S. The summed E-state index contributed by atoms with van der Waals surface area (Å²) in [6, 6.07) is 3.67. The van der Waals surface area contributed by atoms with Crippen LogP contribution in [0.5, 0.6) is 11.5 Å². The summed E-state index contributed by atoms with van der Waals surface area (Å²) in [5, 5.41) is 0.789. The zero-order valence-electron chi connectivity index (χ0n) is 20.9. The van der Waals surface area contributed by atoms with Crippen molar-refractivity contribution in [3.8, 4) is 11.5 Å². The second-order valence-electron chi connectivity index (χ2n) is 9.29. The maximum atomic E-state index is 13.8. The van der Waals surface area contributed by atoms with Gasteiger partial charge in [0.05, 0.1) is 50.5 Å². The third kappa shape index (κ3) is 4.58. The average molecular weight is 521 g/mol. The number of benzene rings is 1. The molecule has 0 N–H and O–H groups in total. The molecule has 5 rings (SSSR count). The van der Waals surface area contributed by atoms with Gasteiger partial charge in [-0.2, -0.15) is 4.31 Å². The first-order valence-corrected chi connectivity index (χ1v) is 13.9. The molecule has 4 heterocycles. The Morgan fingerprint density at radius 2 is 1.58 bits per heavy atom. The number of pyridine rings is 1. The van der Waals surface area contributed by atoms with E-state index >= 15 is 0 Å². The minimum atomic E-state index is -3.29. The molecule has 12 heteroatoms. The van der Waals surface area contributed by atoms with E-state index in [2.05, 4.69) is 9.88 Å². The quantitative estimate of drug-likeness (QED) is 0.576. The van der Waals surface area contributed by atoms with Gasteiger partial charge >= 0.3 is 0 Å². The van der Waals surface area contributed by atoms with Gasteiger partial charge in [-0.25, -0.2) is 8.42 Å². The number of aromatic nitrogens is 1. The van der Waals surface area contributed by atoms with Crippen LogP contribution >= 0.6 is 0 Å². The summed E-state index contributed by atoms with van der Waals surface area (Å²) in [5.74, 6) is 0.392. The van der Waals surface area contributed by atoms with Crippen molar-refractivity contribution in [2.45, 2.75) is 18.6 Å². The molecule has 0 bridgehead atoms. The van der Waals surface area contributed by atoms with E-state index in [1.807, 2.05) is 12.1 Å². The summed E-state index contributed by atoms with van der Waals surface area (Å²) in [5.41, 5.74) is 1.95. The number of hydrogen-bond donors (Lipinski definition) is 0. The molecule has 0 saturated carbocycles. The standard InChI is InChI=1S/C24H32N4O7S/c1-32-20-14-17-19(15-21(20)33-2)25-16-18(23(29)27-8-10-28(11-9-27)36(3,30)31)22(17)26-6-4-24(5-7-26)34-12-13-35-24/h14-16H,4-13H2,1-3H3. The van der Waals surface area contributed by atoms with E-state index < -0.39 is 15.8 Å². The minimum absolute atomic E-state index is 0.170. The van der Waals surface area contributed by atoms with Gasteiger partial charge in [0.2, 0.25) is 10.0 Å². The number of carbonyl (C=O) groups excluding carboxylic acids is 1. The zero-order valence-corrected chi connectivity index (χ0v) is 21.7. The molecule has 1 aromatic carbocycles. The van der Waals surface area contributed by atoms with Crippen molar-refractivity contribution < 1.29 is 32.2 Å². The largest absolute Gasteiger partial charge is 0.493 e. The Kier molecular flexibility index (Phi) is 6.70. The number of rotatable bonds is 5. The Morgan fingerprint density at radius 1 is 0.972 bits per heavy atom. The third-order valence-corrected chi connectivity index (χ3v) is 8.53. The molecule has 2 aromatic rings. The summed E-state index contributed by atoms with van der Waals surface area (Å²) in [6.45, 7) is 3.67. The molecule has 196 valence electrons. The number of piperazine rings is 1. The van der Waals surface area contributed by atoms with Gasteiger partial charge in [0.15, 0.2) is 17.3 Å². The van der Waals surface area contributed by atoms with E-state index in [1.54, 1.807) is 25.3 Å². The van der Waals surface area contributed by atoms with E-state index in [9.17, 15) is 13.2 Å². The fraction of sp³-hybridized carbons (Fsp3) is 0.583. The van der Waals surface area contributed by atoms with Gasteiger partial charge in [0.1, 0.15) is 0 Å². The SMILES string of the molecule is COc1cc2ncc(C(=O)N3CCN(S(C)(=O)=O)CC3)c(N3CCC4(CC3)OCCO4)c2cc1OC. The molecule has 3 saturated heterocycles. The topological polar surface area (TPSA) is 111 Å². The Balaban J connectivity index is 1.52. The fourth-order valence-electron chi connectivity index (χ4n) is 5.25. The summed E-state index contributed by atoms with van der Waals surface area (Å²) in [4.78, 5) is 22.3. The number of fused-ring (bicyclic) bond motifs is 1. The van der Waals surface area contributed by atoms with Gasteiger partial charge in [-0.1, -0.05) is 0 Å². The molecular weight excluding hydrogens is 488 g/mol. The van der Waals surface area contributed by atoms with E-state index in [1.165, 1.54) is 10.6 Å². The molecule has 3 aliphatic heterocycles. The van der Waals surface area contributed by atoms with Crippen LogP contribution in [-0.2, 0) is 19.5 Å². The predicted octanol–water partition coefficient (Wildman–Crippen LogP) is 1.31. The molecule has 1 aromatic heterocycles. The smallest absolute Gasteiger partial charge is 0.257 e. The monoisotopic (exact) mass is 520 g/mol. The highest BCUT2D eigenvalue weighted by atomic mass is 32.2. The van der Waals surface area contributed by atoms with Crippen LogP contribution < -0.4 is 14.4 Å². The van der Waals surface area contributed by atoms with Gasteiger partial charge in [0, 0.05) is 69.8 Å². The number of hydrogen-bond acceptors (Lipinski definition) is 9. The van der Waals surface area contributed by atoms with Crippen LogP contribution in [-0.4, -0.2) is 107 Å². The Bertz CT molecular complexity index is 1240. The zero-order chi connectivity index (χ0) is 25.5. The Labute approximate surface area is 210 Å². The van der Waals surface area contributed by atoms with E-state index in [0.717, 1.165) is 11.1 Å². The first kappa shape index (κ1) is 25.0. The molecule has 1 amide bonds. The lowest BCUT2D eigenvalue weighted by molar-refractivity contribution is -0.169. The highest BCUT2D eigenvalue weighted by Crippen LogP contribution is 2.41. The molecule has 0 aliphatic carbocycles. The molecule has 3 aliphatic rings. The maximum absolute atomic E-state index is 13.8. The number of piperidine rings is 1. The molecule has 36 heavy (non-hydrogen) atoms. The number of nitrogens with zero attached hydrogens (tertiary/aromatic N) is 4. The van der Waals surface area contributed by atoms with Gasteiger partial charge in [-0.05, 0) is 6.07 Å². The van der Waals surface area contributed by atoms with Crippen LogP contribution in [0.15, 0.2) is 18.3 Å². The van der Waals surface area contributed by atoms with Gasteiger partial charge in [-0.3, -0.25) is 9.78 Å². The molecule has 3 fully saturated rings. The van der Waals surface area contributed by atoms with Gasteiger partial charge in [0.25, 0.3) is 5.91 Å². The van der Waals surface area contributed by atoms with E-state index in [0.29, 0.717) is 74.8 Å². The second-order valence-corrected chi connectivity index (χ2v) is 11.3. The predicted molar refractivity (Wildman–Crippen MR) is 133 cm³/mol. The highest BCUT2D eigenvalue weighted by molar-refractivity contribution is 7.88. The van der Waals surface area contributed by atoms with E-state index in [-0.39, 0.29) is 19.0 Å². The van der Waals surface area contributed by atoms with Crippen LogP contribution in [0.4, 0.5) is 5.69 Å². The number of sulfonamides is 1. The van der Waals surface area contributed by atoms with Crippen molar-refractivity contribution in [1.82, 2.24) is 14.2 Å². The van der Waals surface area contributed by atoms with Gasteiger partial charge in [-0.15, -0.1) is 0 Å². The summed E-state index contributed by atoms with van der Waals surface area (Å²) < 4.78 is 48.1. The summed E-state index contributed by atoms with van der Waals surface area (Å²) >= 11 is 0. The molecule has 0 atom stereocenters. The summed E-state index contributed by atoms with van der Waals surface area (Å²) in [6.07, 6.45) is 4.18. The number of ether oxygens (including phenoxy) is 4. The number of anilines is 1. The van der Waals surface area contributed by atoms with Crippen LogP contribution in [0, 0.1) is 0 Å². The lowest BCUT2D eigenvalue weighted by Gasteiger charge is -2.40. The van der Waals surface area contributed by atoms with Crippen LogP contribution in [0.25, 0.3) is 10.9 Å². The second kappa shape index (κ2) is 9.66. The van der Waals surface area contributed by atoms with Crippen LogP contribution in [0.1, 0.15) is 23.2 Å². The normalized spacial score (nSPS) is 20.8. The molecule has 1 spiro atoms. The minimum Gasteiger partial charge on any atom is -0.493 e. The molecule has 0 radical (unpaired) electrons. The number of carbonyl (C=O) groups is 1. The fourth-order valence-corrected chi connectivity index (χ4v) is 6.08. The van der Waals surface area contributed by atoms with Crippen LogP contribution in [0.3, 0.4) is 0 Å². The van der Waals surface area contributed by atoms with E-state index in [4.69, 9.17) is 18.9 Å². The number of methoxy groups -OCH3 is 2. The van der Waals surface area contributed by atoms with Crippen molar-refractivity contribution >= 4 is 32.5 Å². The molecule has 0 unspecified atom stereocenters. The highest BCUT2D eigenvalue weighted by Gasteiger charge is 2.41. The lowest BCUT2D eigenvalue weighted by atomic mass is 9.99. The van der Waals surface area contributed by atoms with Crippen LogP contribution in [0.2, 0.25) is 0 Å². The third-order valence-electron chi connectivity index (χ3n) is 7.23. The van der Waals surface area contributed by atoms with Crippen molar-refractivity contribution in [1.29, 1.82) is 0 Å². The number of amides is 1.